The summed E-state index contributed by atoms with van der Waals surface area (Å²) >= 11 is 3.45. The number of para-hydroxylation sites is 1. The maximum absolute atomic E-state index is 8.93. The van der Waals surface area contributed by atoms with Gasteiger partial charge in [-0.3, -0.25) is 0 Å². The molecule has 0 aliphatic rings. The molecule has 0 saturated carbocycles. The van der Waals surface area contributed by atoms with Crippen LogP contribution >= 0.6 is 15.9 Å². The number of halogens is 1. The van der Waals surface area contributed by atoms with E-state index < -0.39 is 0 Å². The van der Waals surface area contributed by atoms with Crippen molar-refractivity contribution in [1.29, 1.82) is 5.26 Å². The number of hydrogen-bond donors (Lipinski definition) is 0. The Morgan fingerprint density at radius 3 is 2.26 bits per heavy atom. The first-order chi connectivity index (χ1) is 9.38. The average Bonchev–Trinajstić information content (AvgIpc) is 2.46. The van der Waals surface area contributed by atoms with E-state index in [1.54, 1.807) is 6.07 Å². The summed E-state index contributed by atoms with van der Waals surface area (Å²) in [6, 6.07) is 9.56. The lowest BCUT2D eigenvalue weighted by Gasteiger charge is -2.07. The summed E-state index contributed by atoms with van der Waals surface area (Å²) in [7, 11) is 0. The molecule has 0 spiro atoms. The fourth-order valence-electron chi connectivity index (χ4n) is 1.95. The highest BCUT2D eigenvalue weighted by Gasteiger charge is 2.00. The van der Waals surface area contributed by atoms with Gasteiger partial charge in [0, 0.05) is 5.33 Å². The lowest BCUT2D eigenvalue weighted by atomic mass is 10.1. The van der Waals surface area contributed by atoms with Gasteiger partial charge >= 0.3 is 0 Å². The SMILES string of the molecule is N#Cc1ccccc1OCCCCCCCCCBr. The second-order valence-corrected chi connectivity index (χ2v) is 5.41. The minimum Gasteiger partial charge on any atom is -0.492 e. The zero-order chi connectivity index (χ0) is 13.8. The third kappa shape index (κ3) is 7.22. The van der Waals surface area contributed by atoms with Crippen LogP contribution in [0.2, 0.25) is 0 Å². The van der Waals surface area contributed by atoms with Gasteiger partial charge in [-0.05, 0) is 25.0 Å². The molecule has 2 nitrogen and oxygen atoms in total. The van der Waals surface area contributed by atoms with E-state index >= 15 is 0 Å². The Labute approximate surface area is 124 Å². The summed E-state index contributed by atoms with van der Waals surface area (Å²) in [6.07, 6.45) is 8.84. The van der Waals surface area contributed by atoms with Crippen LogP contribution in [0.1, 0.15) is 50.5 Å². The van der Waals surface area contributed by atoms with Crippen molar-refractivity contribution in [2.24, 2.45) is 0 Å². The molecule has 104 valence electrons. The number of nitrogens with zero attached hydrogens (tertiary/aromatic N) is 1. The van der Waals surface area contributed by atoms with E-state index in [9.17, 15) is 0 Å². The molecule has 3 heteroatoms. The second-order valence-electron chi connectivity index (χ2n) is 4.62. The Balaban J connectivity index is 2.03. The normalized spacial score (nSPS) is 10.1. The van der Waals surface area contributed by atoms with Crippen molar-refractivity contribution in [2.45, 2.75) is 44.9 Å². The number of ether oxygens (including phenoxy) is 1. The summed E-state index contributed by atoms with van der Waals surface area (Å²) in [5, 5.41) is 10.1. The van der Waals surface area contributed by atoms with Crippen molar-refractivity contribution in [2.75, 3.05) is 11.9 Å². The first-order valence-corrected chi connectivity index (χ1v) is 8.18. The van der Waals surface area contributed by atoms with Gasteiger partial charge in [-0.25, -0.2) is 0 Å². The summed E-state index contributed by atoms with van der Waals surface area (Å²) in [4.78, 5) is 0. The van der Waals surface area contributed by atoms with Crippen LogP contribution in [0.25, 0.3) is 0 Å². The number of nitriles is 1. The van der Waals surface area contributed by atoms with E-state index in [1.807, 2.05) is 18.2 Å². The van der Waals surface area contributed by atoms with E-state index in [4.69, 9.17) is 10.00 Å². The fraction of sp³-hybridized carbons (Fsp3) is 0.562. The van der Waals surface area contributed by atoms with Crippen LogP contribution in [0.4, 0.5) is 0 Å². The molecule has 0 unspecified atom stereocenters. The number of hydrogen-bond acceptors (Lipinski definition) is 2. The third-order valence-corrected chi connectivity index (χ3v) is 3.60. The van der Waals surface area contributed by atoms with Gasteiger partial charge in [-0.2, -0.15) is 5.26 Å². The number of benzene rings is 1. The van der Waals surface area contributed by atoms with Crippen molar-refractivity contribution < 1.29 is 4.74 Å². The molecule has 0 atom stereocenters. The van der Waals surface area contributed by atoms with Gasteiger partial charge in [-0.1, -0.05) is 60.2 Å². The summed E-state index contributed by atoms with van der Waals surface area (Å²) in [5.74, 6) is 0.710. The molecule has 0 bridgehead atoms. The first-order valence-electron chi connectivity index (χ1n) is 7.06. The maximum atomic E-state index is 8.93. The molecule has 0 aliphatic carbocycles. The lowest BCUT2D eigenvalue weighted by Crippen LogP contribution is -1.98. The minimum atomic E-state index is 0.622. The van der Waals surface area contributed by atoms with Gasteiger partial charge in [0.25, 0.3) is 0 Å². The molecule has 1 aromatic carbocycles. The van der Waals surface area contributed by atoms with Crippen LogP contribution in [0.5, 0.6) is 5.75 Å². The van der Waals surface area contributed by atoms with Gasteiger partial charge in [0.1, 0.15) is 11.8 Å². The second kappa shape index (κ2) is 10.9. The largest absolute Gasteiger partial charge is 0.492 e. The van der Waals surface area contributed by atoms with Crippen LogP contribution in [0, 0.1) is 11.3 Å². The first kappa shape index (κ1) is 16.0. The van der Waals surface area contributed by atoms with E-state index in [2.05, 4.69) is 22.0 Å². The molecule has 0 radical (unpaired) electrons. The molecule has 0 aliphatic heterocycles. The maximum Gasteiger partial charge on any atom is 0.137 e. The van der Waals surface area contributed by atoms with Gasteiger partial charge in [0.05, 0.1) is 12.2 Å². The van der Waals surface area contributed by atoms with Crippen molar-refractivity contribution in [1.82, 2.24) is 0 Å². The highest BCUT2D eigenvalue weighted by atomic mass is 79.9. The van der Waals surface area contributed by atoms with Crippen LogP contribution in [-0.4, -0.2) is 11.9 Å². The average molecular weight is 324 g/mol. The quantitative estimate of drug-likeness (QED) is 0.445. The van der Waals surface area contributed by atoms with Crippen LogP contribution in [0.15, 0.2) is 24.3 Å². The molecule has 0 aromatic heterocycles. The van der Waals surface area contributed by atoms with E-state index in [0.29, 0.717) is 17.9 Å². The monoisotopic (exact) mass is 323 g/mol. The van der Waals surface area contributed by atoms with Gasteiger partial charge < -0.3 is 4.74 Å². The van der Waals surface area contributed by atoms with E-state index in [0.717, 1.165) is 11.8 Å². The molecular weight excluding hydrogens is 302 g/mol. The molecule has 0 amide bonds. The van der Waals surface area contributed by atoms with E-state index in [-0.39, 0.29) is 0 Å². The van der Waals surface area contributed by atoms with E-state index in [1.165, 1.54) is 38.5 Å². The molecule has 1 rings (SSSR count). The zero-order valence-electron chi connectivity index (χ0n) is 11.4. The number of unbranched alkanes of at least 4 members (excludes halogenated alkanes) is 6. The highest BCUT2D eigenvalue weighted by Crippen LogP contribution is 2.17. The molecular formula is C16H22BrNO. The van der Waals surface area contributed by atoms with Gasteiger partial charge in [0.2, 0.25) is 0 Å². The summed E-state index contributed by atoms with van der Waals surface area (Å²) < 4.78 is 5.64. The fourth-order valence-corrected chi connectivity index (χ4v) is 2.34. The van der Waals surface area contributed by atoms with Crippen molar-refractivity contribution in [3.63, 3.8) is 0 Å². The predicted octanol–water partition coefficient (Wildman–Crippen LogP) is 5.06. The predicted molar refractivity (Wildman–Crippen MR) is 82.8 cm³/mol. The third-order valence-electron chi connectivity index (χ3n) is 3.04. The molecule has 0 N–H and O–H groups in total. The van der Waals surface area contributed by atoms with Gasteiger partial charge in [-0.15, -0.1) is 0 Å². The van der Waals surface area contributed by atoms with Gasteiger partial charge in [0.15, 0.2) is 0 Å². The summed E-state index contributed by atoms with van der Waals surface area (Å²) in [5.41, 5.74) is 0.622. The lowest BCUT2D eigenvalue weighted by molar-refractivity contribution is 0.303. The van der Waals surface area contributed by atoms with Crippen LogP contribution < -0.4 is 4.74 Å². The molecule has 1 aromatic rings. The number of alkyl halides is 1. The van der Waals surface area contributed by atoms with Crippen LogP contribution in [-0.2, 0) is 0 Å². The van der Waals surface area contributed by atoms with Crippen LogP contribution in [0.3, 0.4) is 0 Å². The van der Waals surface area contributed by atoms with Crippen molar-refractivity contribution in [3.05, 3.63) is 29.8 Å². The summed E-state index contributed by atoms with van der Waals surface area (Å²) in [6.45, 7) is 0.708. The molecule has 0 fully saturated rings. The Hall–Kier alpha value is -1.01. The van der Waals surface area contributed by atoms with Crippen molar-refractivity contribution in [3.8, 4) is 11.8 Å². The Kier molecular flexibility index (Phi) is 9.18. The molecule has 19 heavy (non-hydrogen) atoms. The standard InChI is InChI=1S/C16H22BrNO/c17-12-8-4-2-1-3-5-9-13-19-16-11-7-6-10-15(16)14-18/h6-7,10-11H,1-5,8-9,12-13H2. The van der Waals surface area contributed by atoms with Crippen molar-refractivity contribution >= 4 is 15.9 Å². The molecule has 0 heterocycles. The topological polar surface area (TPSA) is 33.0 Å². The Bertz CT molecular complexity index is 387. The Morgan fingerprint density at radius 2 is 1.58 bits per heavy atom. The minimum absolute atomic E-state index is 0.622. The zero-order valence-corrected chi connectivity index (χ0v) is 13.0. The smallest absolute Gasteiger partial charge is 0.137 e. The molecule has 0 saturated heterocycles. The highest BCUT2D eigenvalue weighted by molar-refractivity contribution is 9.09. The number of rotatable bonds is 10. The Morgan fingerprint density at radius 1 is 0.947 bits per heavy atom.